The standard InChI is InChI=1S/C24H18ClNO4/c1-30-19-9-5-6-16(14-19)21-20(22(27)15-10-12-17(25)13-11-15)23(28)24(29)26(21)18-7-3-2-4-8-18/h2-14,21,27H,1H3/b22-20-. The van der Waals surface area contributed by atoms with E-state index < -0.39 is 17.7 Å². The lowest BCUT2D eigenvalue weighted by Gasteiger charge is -2.25. The minimum atomic E-state index is -0.807. The Hall–Kier alpha value is -3.57. The SMILES string of the molecule is COc1cccc(C2/C(=C(/O)c3ccc(Cl)cc3)C(=O)C(=O)N2c2ccccc2)c1. The third kappa shape index (κ3) is 3.44. The van der Waals surface area contributed by atoms with Crippen molar-refractivity contribution in [2.45, 2.75) is 6.04 Å². The number of nitrogens with zero attached hydrogens (tertiary/aromatic N) is 1. The van der Waals surface area contributed by atoms with E-state index in [1.807, 2.05) is 6.07 Å². The molecule has 3 aromatic carbocycles. The molecule has 0 bridgehead atoms. The summed E-state index contributed by atoms with van der Waals surface area (Å²) in [5.41, 5.74) is 1.62. The molecule has 1 N–H and O–H groups in total. The number of aliphatic hydroxyl groups excluding tert-OH is 1. The van der Waals surface area contributed by atoms with Gasteiger partial charge in [0.2, 0.25) is 0 Å². The zero-order valence-corrected chi connectivity index (χ0v) is 16.8. The Labute approximate surface area is 178 Å². The molecule has 0 aromatic heterocycles. The van der Waals surface area contributed by atoms with E-state index in [4.69, 9.17) is 16.3 Å². The van der Waals surface area contributed by atoms with Crippen LogP contribution in [0.3, 0.4) is 0 Å². The fourth-order valence-electron chi connectivity index (χ4n) is 3.58. The molecule has 3 aromatic rings. The van der Waals surface area contributed by atoms with Crippen LogP contribution in [0.5, 0.6) is 5.75 Å². The van der Waals surface area contributed by atoms with Crippen LogP contribution in [0, 0.1) is 0 Å². The van der Waals surface area contributed by atoms with Gasteiger partial charge in [0.05, 0.1) is 18.7 Å². The van der Waals surface area contributed by atoms with Crippen molar-refractivity contribution in [3.8, 4) is 5.75 Å². The van der Waals surface area contributed by atoms with E-state index in [-0.39, 0.29) is 11.3 Å². The summed E-state index contributed by atoms with van der Waals surface area (Å²) in [6.07, 6.45) is 0. The molecule has 1 amide bonds. The highest BCUT2D eigenvalue weighted by atomic mass is 35.5. The number of benzene rings is 3. The molecule has 0 spiro atoms. The number of carbonyl (C=O) groups excluding carboxylic acids is 2. The van der Waals surface area contributed by atoms with Crippen LogP contribution in [0.4, 0.5) is 5.69 Å². The third-order valence-electron chi connectivity index (χ3n) is 5.01. The first-order valence-corrected chi connectivity index (χ1v) is 9.65. The van der Waals surface area contributed by atoms with Crippen LogP contribution in [-0.4, -0.2) is 23.9 Å². The predicted molar refractivity (Wildman–Crippen MR) is 116 cm³/mol. The monoisotopic (exact) mass is 419 g/mol. The lowest BCUT2D eigenvalue weighted by Crippen LogP contribution is -2.29. The third-order valence-corrected chi connectivity index (χ3v) is 5.26. The predicted octanol–water partition coefficient (Wildman–Crippen LogP) is 4.97. The molecule has 1 unspecified atom stereocenters. The van der Waals surface area contributed by atoms with Crippen molar-refractivity contribution >= 4 is 34.7 Å². The minimum absolute atomic E-state index is 0.0134. The van der Waals surface area contributed by atoms with E-state index in [1.54, 1.807) is 79.9 Å². The van der Waals surface area contributed by atoms with Gasteiger partial charge >= 0.3 is 0 Å². The van der Waals surface area contributed by atoms with Gasteiger partial charge in [-0.25, -0.2) is 0 Å². The molecule has 1 aliphatic rings. The normalized spacial score (nSPS) is 17.9. The number of aliphatic hydroxyl groups is 1. The van der Waals surface area contributed by atoms with Crippen LogP contribution < -0.4 is 9.64 Å². The Bertz CT molecular complexity index is 1140. The van der Waals surface area contributed by atoms with E-state index in [2.05, 4.69) is 0 Å². The van der Waals surface area contributed by atoms with E-state index in [1.165, 1.54) is 4.90 Å². The van der Waals surface area contributed by atoms with Crippen LogP contribution in [0.15, 0.2) is 84.4 Å². The highest BCUT2D eigenvalue weighted by Crippen LogP contribution is 2.42. The maximum absolute atomic E-state index is 13.0. The van der Waals surface area contributed by atoms with Crippen LogP contribution in [0.1, 0.15) is 17.2 Å². The second kappa shape index (κ2) is 8.05. The van der Waals surface area contributed by atoms with Crippen molar-refractivity contribution < 1.29 is 19.4 Å². The molecule has 1 aliphatic heterocycles. The van der Waals surface area contributed by atoms with E-state index in [0.717, 1.165) is 0 Å². The number of methoxy groups -OCH3 is 1. The van der Waals surface area contributed by atoms with Gasteiger partial charge < -0.3 is 9.84 Å². The number of ketones is 1. The van der Waals surface area contributed by atoms with Crippen molar-refractivity contribution in [1.82, 2.24) is 0 Å². The summed E-state index contributed by atoms with van der Waals surface area (Å²) in [5.74, 6) is -1.13. The Balaban J connectivity index is 1.95. The van der Waals surface area contributed by atoms with Crippen LogP contribution in [0.25, 0.3) is 5.76 Å². The summed E-state index contributed by atoms with van der Waals surface area (Å²) < 4.78 is 5.32. The quantitative estimate of drug-likeness (QED) is 0.368. The van der Waals surface area contributed by atoms with Gasteiger partial charge in [0.25, 0.3) is 11.7 Å². The Morgan fingerprint density at radius 3 is 2.33 bits per heavy atom. The Morgan fingerprint density at radius 1 is 0.967 bits per heavy atom. The molecule has 1 saturated heterocycles. The summed E-state index contributed by atoms with van der Waals surface area (Å²) in [4.78, 5) is 27.5. The highest BCUT2D eigenvalue weighted by molar-refractivity contribution is 6.51. The first-order valence-electron chi connectivity index (χ1n) is 9.27. The smallest absolute Gasteiger partial charge is 0.300 e. The summed E-state index contributed by atoms with van der Waals surface area (Å²) in [6.45, 7) is 0. The van der Waals surface area contributed by atoms with Gasteiger partial charge in [-0.15, -0.1) is 0 Å². The van der Waals surface area contributed by atoms with Gasteiger partial charge in [-0.3, -0.25) is 14.5 Å². The van der Waals surface area contributed by atoms with Gasteiger partial charge in [-0.1, -0.05) is 41.9 Å². The average Bonchev–Trinajstić information content (AvgIpc) is 3.05. The molecule has 0 saturated carbocycles. The molecule has 5 nitrogen and oxygen atoms in total. The first-order chi connectivity index (χ1) is 14.5. The largest absolute Gasteiger partial charge is 0.507 e. The molecule has 0 radical (unpaired) electrons. The lowest BCUT2D eigenvalue weighted by molar-refractivity contribution is -0.132. The van der Waals surface area contributed by atoms with Crippen LogP contribution >= 0.6 is 11.6 Å². The number of Topliss-reactive ketones (excluding diaryl/α,β-unsaturated/α-hetero) is 1. The maximum atomic E-state index is 13.0. The summed E-state index contributed by atoms with van der Waals surface area (Å²) >= 11 is 5.95. The number of rotatable bonds is 4. The van der Waals surface area contributed by atoms with Gasteiger partial charge in [0, 0.05) is 16.3 Å². The topological polar surface area (TPSA) is 66.8 Å². The van der Waals surface area contributed by atoms with E-state index in [9.17, 15) is 14.7 Å². The van der Waals surface area contributed by atoms with E-state index >= 15 is 0 Å². The lowest BCUT2D eigenvalue weighted by atomic mass is 9.95. The number of ether oxygens (including phenoxy) is 1. The maximum Gasteiger partial charge on any atom is 0.300 e. The minimum Gasteiger partial charge on any atom is -0.507 e. The molecule has 0 aliphatic carbocycles. The number of anilines is 1. The van der Waals surface area contributed by atoms with Gasteiger partial charge in [-0.05, 0) is 54.1 Å². The molecule has 1 heterocycles. The molecule has 6 heteroatoms. The summed E-state index contributed by atoms with van der Waals surface area (Å²) in [5, 5.41) is 11.5. The molecular formula is C24H18ClNO4. The molecule has 1 atom stereocenters. The van der Waals surface area contributed by atoms with Crippen molar-refractivity contribution in [1.29, 1.82) is 0 Å². The van der Waals surface area contributed by atoms with Crippen molar-refractivity contribution in [3.05, 3.63) is 101 Å². The molecule has 1 fully saturated rings. The zero-order chi connectivity index (χ0) is 21.3. The average molecular weight is 420 g/mol. The second-order valence-corrected chi connectivity index (χ2v) is 7.22. The van der Waals surface area contributed by atoms with Crippen molar-refractivity contribution in [2.24, 2.45) is 0 Å². The molecular weight excluding hydrogens is 402 g/mol. The van der Waals surface area contributed by atoms with Gasteiger partial charge in [0.1, 0.15) is 11.5 Å². The van der Waals surface area contributed by atoms with E-state index in [0.29, 0.717) is 27.6 Å². The van der Waals surface area contributed by atoms with Crippen LogP contribution in [-0.2, 0) is 9.59 Å². The van der Waals surface area contributed by atoms with Crippen molar-refractivity contribution in [2.75, 3.05) is 12.0 Å². The molecule has 4 rings (SSSR count). The zero-order valence-electron chi connectivity index (χ0n) is 16.1. The summed E-state index contributed by atoms with van der Waals surface area (Å²) in [7, 11) is 1.54. The number of amides is 1. The number of halogens is 1. The first kappa shape index (κ1) is 19.7. The van der Waals surface area contributed by atoms with Gasteiger partial charge in [0.15, 0.2) is 0 Å². The molecule has 150 valence electrons. The Kier molecular flexibility index (Phi) is 5.29. The highest BCUT2D eigenvalue weighted by Gasteiger charge is 2.47. The second-order valence-electron chi connectivity index (χ2n) is 6.79. The number of hydrogen-bond acceptors (Lipinski definition) is 4. The number of hydrogen-bond donors (Lipinski definition) is 1. The van der Waals surface area contributed by atoms with Crippen LogP contribution in [0.2, 0.25) is 5.02 Å². The number of para-hydroxylation sites is 1. The molecule has 30 heavy (non-hydrogen) atoms. The Morgan fingerprint density at radius 2 is 1.67 bits per heavy atom. The van der Waals surface area contributed by atoms with Gasteiger partial charge in [-0.2, -0.15) is 0 Å². The fourth-order valence-corrected chi connectivity index (χ4v) is 3.70. The van der Waals surface area contributed by atoms with Crippen molar-refractivity contribution in [3.63, 3.8) is 0 Å². The summed E-state index contributed by atoms with van der Waals surface area (Å²) in [6, 6.07) is 21.6. The fraction of sp³-hybridized carbons (Fsp3) is 0.0833. The number of carbonyl (C=O) groups is 2.